The molecule has 0 aliphatic carbocycles. The Kier molecular flexibility index (Phi) is 4.88. The van der Waals surface area contributed by atoms with Crippen LogP contribution in [0.1, 0.15) is 16.8 Å². The highest BCUT2D eigenvalue weighted by molar-refractivity contribution is 9.10. The fourth-order valence-corrected chi connectivity index (χ4v) is 3.14. The van der Waals surface area contributed by atoms with Crippen molar-refractivity contribution in [2.75, 3.05) is 37.0 Å². The molecule has 0 bridgehead atoms. The Labute approximate surface area is 120 Å². The highest BCUT2D eigenvalue weighted by Crippen LogP contribution is 2.21. The molecule has 0 atom stereocenters. The Morgan fingerprint density at radius 2 is 2.33 bits per heavy atom. The summed E-state index contributed by atoms with van der Waals surface area (Å²) in [6.45, 7) is 1.65. The molecular formula is C12H16BrN3OS. The molecule has 1 aromatic rings. The molecule has 0 unspecified atom stereocenters. The summed E-state index contributed by atoms with van der Waals surface area (Å²) in [5.41, 5.74) is 0.638. The zero-order valence-corrected chi connectivity index (χ0v) is 12.7. The Bertz CT molecular complexity index is 433. The van der Waals surface area contributed by atoms with Crippen LogP contribution in [0.2, 0.25) is 0 Å². The Balaban J connectivity index is 2.23. The van der Waals surface area contributed by atoms with Gasteiger partial charge in [-0.3, -0.25) is 4.79 Å². The predicted molar refractivity (Wildman–Crippen MR) is 79.3 cm³/mol. The average Bonchev–Trinajstić information content (AvgIpc) is 2.66. The molecule has 18 heavy (non-hydrogen) atoms. The van der Waals surface area contributed by atoms with Crippen LogP contribution in [0.3, 0.4) is 0 Å². The van der Waals surface area contributed by atoms with E-state index in [4.69, 9.17) is 0 Å². The first-order valence-corrected chi connectivity index (χ1v) is 7.87. The van der Waals surface area contributed by atoms with E-state index in [0.29, 0.717) is 11.4 Å². The second kappa shape index (κ2) is 6.43. The second-order valence-electron chi connectivity index (χ2n) is 4.06. The number of aromatic nitrogens is 1. The molecule has 0 radical (unpaired) electrons. The summed E-state index contributed by atoms with van der Waals surface area (Å²) in [7, 11) is 1.78. The smallest absolute Gasteiger partial charge is 0.257 e. The third-order valence-electron chi connectivity index (χ3n) is 2.83. The summed E-state index contributed by atoms with van der Waals surface area (Å²) >= 11 is 5.28. The van der Waals surface area contributed by atoms with Gasteiger partial charge in [0.05, 0.1) is 5.56 Å². The first-order chi connectivity index (χ1) is 8.72. The van der Waals surface area contributed by atoms with Gasteiger partial charge < -0.3 is 10.2 Å². The number of nitrogens with one attached hydrogen (secondary N) is 1. The maximum Gasteiger partial charge on any atom is 0.257 e. The minimum Gasteiger partial charge on any atom is -0.372 e. The molecule has 98 valence electrons. The largest absolute Gasteiger partial charge is 0.372 e. The summed E-state index contributed by atoms with van der Waals surface area (Å²) in [6, 6.07) is 1.83. The van der Waals surface area contributed by atoms with Gasteiger partial charge in [-0.05, 0) is 34.2 Å². The summed E-state index contributed by atoms with van der Waals surface area (Å²) in [5.74, 6) is 2.86. The van der Waals surface area contributed by atoms with E-state index in [1.165, 1.54) is 0 Å². The normalized spacial score (nSPS) is 16.2. The van der Waals surface area contributed by atoms with E-state index in [1.54, 1.807) is 13.2 Å². The van der Waals surface area contributed by atoms with Crippen molar-refractivity contribution >= 4 is 39.4 Å². The molecule has 0 aromatic carbocycles. The molecule has 0 saturated carbocycles. The van der Waals surface area contributed by atoms with Crippen molar-refractivity contribution in [3.05, 3.63) is 22.3 Å². The van der Waals surface area contributed by atoms with Crippen molar-refractivity contribution in [2.24, 2.45) is 0 Å². The number of amides is 1. The van der Waals surface area contributed by atoms with Gasteiger partial charge in [-0.1, -0.05) is 0 Å². The van der Waals surface area contributed by atoms with Crippen molar-refractivity contribution in [1.29, 1.82) is 0 Å². The molecule has 1 fully saturated rings. The van der Waals surface area contributed by atoms with Crippen molar-refractivity contribution in [1.82, 2.24) is 9.88 Å². The molecule has 6 heteroatoms. The van der Waals surface area contributed by atoms with Gasteiger partial charge in [0.2, 0.25) is 0 Å². The van der Waals surface area contributed by atoms with Gasteiger partial charge in [0.15, 0.2) is 0 Å². The minimum atomic E-state index is 0.0654. The second-order valence-corrected chi connectivity index (χ2v) is 6.20. The fourth-order valence-electron chi connectivity index (χ4n) is 1.92. The van der Waals surface area contributed by atoms with Gasteiger partial charge >= 0.3 is 0 Å². The highest BCUT2D eigenvalue weighted by Gasteiger charge is 2.20. The summed E-state index contributed by atoms with van der Waals surface area (Å²) in [5, 5.41) is 2.97. The van der Waals surface area contributed by atoms with E-state index >= 15 is 0 Å². The lowest BCUT2D eigenvalue weighted by Gasteiger charge is -2.21. The lowest BCUT2D eigenvalue weighted by atomic mass is 10.2. The molecule has 1 saturated heterocycles. The number of hydrogen-bond donors (Lipinski definition) is 1. The molecule has 1 aliphatic rings. The number of thioether (sulfide) groups is 1. The van der Waals surface area contributed by atoms with E-state index in [-0.39, 0.29) is 5.91 Å². The number of anilines is 1. The Hall–Kier alpha value is -0.750. The van der Waals surface area contributed by atoms with Crippen molar-refractivity contribution in [3.8, 4) is 0 Å². The van der Waals surface area contributed by atoms with E-state index < -0.39 is 0 Å². The number of carbonyl (C=O) groups is 1. The molecule has 1 aromatic heterocycles. The maximum absolute atomic E-state index is 12.5. The van der Waals surface area contributed by atoms with Gasteiger partial charge in [0.1, 0.15) is 5.82 Å². The molecule has 1 amide bonds. The van der Waals surface area contributed by atoms with E-state index in [9.17, 15) is 4.79 Å². The SMILES string of the molecule is CNc1ncc(Br)cc1C(=O)N1CCCSCC1. The number of rotatable bonds is 2. The van der Waals surface area contributed by atoms with Crippen LogP contribution in [0.25, 0.3) is 0 Å². The Morgan fingerprint density at radius 3 is 3.11 bits per heavy atom. The predicted octanol–water partition coefficient (Wildman–Crippen LogP) is 2.46. The zero-order valence-electron chi connectivity index (χ0n) is 10.3. The van der Waals surface area contributed by atoms with Crippen molar-refractivity contribution in [2.45, 2.75) is 6.42 Å². The standard InChI is InChI=1S/C12H16BrN3OS/c1-14-11-10(7-9(13)8-15-11)12(17)16-3-2-5-18-6-4-16/h7-8H,2-6H2,1H3,(H,14,15). The Morgan fingerprint density at radius 1 is 1.50 bits per heavy atom. The van der Waals surface area contributed by atoms with Crippen LogP contribution in [-0.2, 0) is 0 Å². The molecule has 1 N–H and O–H groups in total. The van der Waals surface area contributed by atoms with Crippen LogP contribution in [0.15, 0.2) is 16.7 Å². The quantitative estimate of drug-likeness (QED) is 0.905. The average molecular weight is 330 g/mol. The van der Waals surface area contributed by atoms with Gasteiger partial charge in [0, 0.05) is 36.6 Å². The van der Waals surface area contributed by atoms with Crippen molar-refractivity contribution in [3.63, 3.8) is 0 Å². The van der Waals surface area contributed by atoms with Crippen LogP contribution in [0, 0.1) is 0 Å². The highest BCUT2D eigenvalue weighted by atomic mass is 79.9. The molecule has 4 nitrogen and oxygen atoms in total. The number of hydrogen-bond acceptors (Lipinski definition) is 4. The summed E-state index contributed by atoms with van der Waals surface area (Å²) < 4.78 is 0.828. The fraction of sp³-hybridized carbons (Fsp3) is 0.500. The van der Waals surface area contributed by atoms with Gasteiger partial charge in [-0.2, -0.15) is 11.8 Å². The van der Waals surface area contributed by atoms with Gasteiger partial charge in [-0.25, -0.2) is 4.98 Å². The van der Waals surface area contributed by atoms with Crippen LogP contribution in [-0.4, -0.2) is 47.4 Å². The number of pyridine rings is 1. The van der Waals surface area contributed by atoms with E-state index in [0.717, 1.165) is 35.5 Å². The molecule has 1 aliphatic heterocycles. The first-order valence-electron chi connectivity index (χ1n) is 5.92. The van der Waals surface area contributed by atoms with Crippen molar-refractivity contribution < 1.29 is 4.79 Å². The molecule has 0 spiro atoms. The lowest BCUT2D eigenvalue weighted by Crippen LogP contribution is -2.33. The van der Waals surface area contributed by atoms with Crippen LogP contribution < -0.4 is 5.32 Å². The van der Waals surface area contributed by atoms with Gasteiger partial charge in [-0.15, -0.1) is 0 Å². The molecular weight excluding hydrogens is 314 g/mol. The van der Waals surface area contributed by atoms with E-state index in [2.05, 4.69) is 26.2 Å². The maximum atomic E-state index is 12.5. The number of carbonyl (C=O) groups excluding carboxylic acids is 1. The lowest BCUT2D eigenvalue weighted by molar-refractivity contribution is 0.0769. The first kappa shape index (κ1) is 13.7. The third-order valence-corrected chi connectivity index (χ3v) is 4.31. The van der Waals surface area contributed by atoms with Crippen LogP contribution >= 0.6 is 27.7 Å². The molecule has 2 rings (SSSR count). The number of nitrogens with zero attached hydrogens (tertiary/aromatic N) is 2. The minimum absolute atomic E-state index is 0.0654. The zero-order chi connectivity index (χ0) is 13.0. The van der Waals surface area contributed by atoms with Gasteiger partial charge in [0.25, 0.3) is 5.91 Å². The molecule has 2 heterocycles. The van der Waals surface area contributed by atoms with Crippen LogP contribution in [0.5, 0.6) is 0 Å². The van der Waals surface area contributed by atoms with Crippen LogP contribution in [0.4, 0.5) is 5.82 Å². The third kappa shape index (κ3) is 3.17. The number of halogens is 1. The summed E-state index contributed by atoms with van der Waals surface area (Å²) in [4.78, 5) is 18.6. The topological polar surface area (TPSA) is 45.2 Å². The summed E-state index contributed by atoms with van der Waals surface area (Å²) in [6.07, 6.45) is 2.76. The van der Waals surface area contributed by atoms with E-state index in [1.807, 2.05) is 22.7 Å². The monoisotopic (exact) mass is 329 g/mol.